The van der Waals surface area contributed by atoms with Gasteiger partial charge in [0, 0.05) is 30.7 Å². The summed E-state index contributed by atoms with van der Waals surface area (Å²) in [4.78, 5) is 1.39. The third kappa shape index (κ3) is 2.58. The number of aromatic nitrogens is 2. The molecule has 0 atom stereocenters. The summed E-state index contributed by atoms with van der Waals surface area (Å²) < 4.78 is 28.6. The van der Waals surface area contributed by atoms with Crippen LogP contribution in [0.2, 0.25) is 0 Å². The van der Waals surface area contributed by atoms with Gasteiger partial charge < -0.3 is 5.73 Å². The lowest BCUT2D eigenvalue weighted by Gasteiger charge is -2.25. The molecule has 2 N–H and O–H groups in total. The van der Waals surface area contributed by atoms with Crippen LogP contribution in [0.25, 0.3) is 0 Å². The molecule has 0 spiro atoms. The molecule has 0 saturated carbocycles. The molecule has 8 heteroatoms. The molecule has 0 aromatic carbocycles. The van der Waals surface area contributed by atoms with Gasteiger partial charge in [-0.2, -0.15) is 9.40 Å². The predicted molar refractivity (Wildman–Crippen MR) is 82.5 cm³/mol. The van der Waals surface area contributed by atoms with Gasteiger partial charge in [-0.05, 0) is 29.9 Å². The van der Waals surface area contributed by atoms with Crippen LogP contribution in [0, 0.1) is 0 Å². The molecule has 0 amide bonds. The monoisotopic (exact) mass is 326 g/mol. The van der Waals surface area contributed by atoms with Gasteiger partial charge in [-0.25, -0.2) is 8.42 Å². The van der Waals surface area contributed by atoms with Crippen LogP contribution in [-0.2, 0) is 29.5 Å². The van der Waals surface area contributed by atoms with Crippen LogP contribution in [0.5, 0.6) is 0 Å². The number of anilines is 1. The average molecular weight is 326 g/mol. The Morgan fingerprint density at radius 2 is 2.29 bits per heavy atom. The van der Waals surface area contributed by atoms with E-state index < -0.39 is 10.0 Å². The molecule has 0 saturated heterocycles. The van der Waals surface area contributed by atoms with Crippen LogP contribution in [-0.4, -0.2) is 29.0 Å². The fraction of sp³-hybridized carbons (Fsp3) is 0.462. The standard InChI is InChI=1S/C13H18N4O2S2/c1-2-5-16-9-12(13(14)15-16)21(18,19)17-6-3-11-10(8-17)4-7-20-11/h4,7,9H,2-3,5-6,8H2,1H3,(H2,14,15). The second-order valence-electron chi connectivity index (χ2n) is 5.10. The summed E-state index contributed by atoms with van der Waals surface area (Å²) >= 11 is 1.69. The van der Waals surface area contributed by atoms with E-state index in [1.165, 1.54) is 15.4 Å². The highest BCUT2D eigenvalue weighted by Gasteiger charge is 2.31. The molecule has 2 aromatic rings. The third-order valence-electron chi connectivity index (χ3n) is 3.60. The Bertz CT molecular complexity index is 748. The molecule has 0 unspecified atom stereocenters. The Balaban J connectivity index is 1.91. The van der Waals surface area contributed by atoms with Gasteiger partial charge in [0.25, 0.3) is 0 Å². The molecule has 0 fully saturated rings. The summed E-state index contributed by atoms with van der Waals surface area (Å²) in [5.41, 5.74) is 6.90. The van der Waals surface area contributed by atoms with E-state index >= 15 is 0 Å². The molecular weight excluding hydrogens is 308 g/mol. The maximum absolute atomic E-state index is 12.8. The molecule has 0 bridgehead atoms. The number of nitrogens with two attached hydrogens (primary N) is 1. The number of rotatable bonds is 4. The highest BCUT2D eigenvalue weighted by molar-refractivity contribution is 7.89. The zero-order valence-corrected chi connectivity index (χ0v) is 13.5. The fourth-order valence-corrected chi connectivity index (χ4v) is 4.90. The topological polar surface area (TPSA) is 81.2 Å². The Hall–Kier alpha value is -1.38. The van der Waals surface area contributed by atoms with E-state index in [0.29, 0.717) is 19.6 Å². The summed E-state index contributed by atoms with van der Waals surface area (Å²) in [5.74, 6) is 0.0829. The number of nitrogens with zero attached hydrogens (tertiary/aromatic N) is 3. The minimum atomic E-state index is -3.58. The third-order valence-corrected chi connectivity index (χ3v) is 6.48. The first-order valence-electron chi connectivity index (χ1n) is 6.90. The number of fused-ring (bicyclic) bond motifs is 1. The summed E-state index contributed by atoms with van der Waals surface area (Å²) in [6, 6.07) is 1.99. The zero-order valence-electron chi connectivity index (χ0n) is 11.8. The van der Waals surface area contributed by atoms with Gasteiger partial charge in [0.2, 0.25) is 10.0 Å². The van der Waals surface area contributed by atoms with Crippen molar-refractivity contribution in [1.82, 2.24) is 14.1 Å². The van der Waals surface area contributed by atoms with Crippen LogP contribution in [0.1, 0.15) is 23.8 Å². The van der Waals surface area contributed by atoms with Crippen LogP contribution >= 0.6 is 11.3 Å². The predicted octanol–water partition coefficient (Wildman–Crippen LogP) is 1.68. The van der Waals surface area contributed by atoms with E-state index in [9.17, 15) is 8.42 Å². The number of nitrogen functional groups attached to an aromatic ring is 1. The molecule has 21 heavy (non-hydrogen) atoms. The van der Waals surface area contributed by atoms with Gasteiger partial charge in [-0.15, -0.1) is 11.3 Å². The molecule has 6 nitrogen and oxygen atoms in total. The van der Waals surface area contributed by atoms with E-state index in [1.807, 2.05) is 18.4 Å². The first-order chi connectivity index (χ1) is 10.0. The maximum atomic E-state index is 12.8. The van der Waals surface area contributed by atoms with Crippen molar-refractivity contribution in [1.29, 1.82) is 0 Å². The second kappa shape index (κ2) is 5.43. The van der Waals surface area contributed by atoms with E-state index in [-0.39, 0.29) is 10.7 Å². The van der Waals surface area contributed by atoms with Gasteiger partial charge in [0.05, 0.1) is 0 Å². The largest absolute Gasteiger partial charge is 0.381 e. The molecule has 1 aliphatic heterocycles. The molecule has 114 valence electrons. The quantitative estimate of drug-likeness (QED) is 0.927. The normalized spacial score (nSPS) is 16.0. The Morgan fingerprint density at radius 3 is 3.05 bits per heavy atom. The first-order valence-corrected chi connectivity index (χ1v) is 9.22. The van der Waals surface area contributed by atoms with E-state index in [0.717, 1.165) is 18.4 Å². The molecular formula is C13H18N4O2S2. The van der Waals surface area contributed by atoms with Crippen LogP contribution < -0.4 is 5.73 Å². The Morgan fingerprint density at radius 1 is 1.48 bits per heavy atom. The Kier molecular flexibility index (Phi) is 3.76. The number of aryl methyl sites for hydroxylation is 1. The summed E-state index contributed by atoms with van der Waals surface area (Å²) in [7, 11) is -3.58. The number of thiophene rings is 1. The maximum Gasteiger partial charge on any atom is 0.248 e. The molecule has 3 rings (SSSR count). The van der Waals surface area contributed by atoms with E-state index in [2.05, 4.69) is 5.10 Å². The summed E-state index contributed by atoms with van der Waals surface area (Å²) in [6.45, 7) is 3.58. The fourth-order valence-electron chi connectivity index (χ4n) is 2.53. The van der Waals surface area contributed by atoms with Crippen molar-refractivity contribution in [2.45, 2.75) is 37.8 Å². The SMILES string of the molecule is CCCn1cc(S(=O)(=O)N2CCc3sccc3C2)c(N)n1. The minimum Gasteiger partial charge on any atom is -0.381 e. The smallest absolute Gasteiger partial charge is 0.248 e. The van der Waals surface area contributed by atoms with Crippen LogP contribution in [0.3, 0.4) is 0 Å². The molecule has 0 aliphatic carbocycles. The van der Waals surface area contributed by atoms with Crippen molar-refractivity contribution >= 4 is 27.2 Å². The molecule has 0 radical (unpaired) electrons. The van der Waals surface area contributed by atoms with Crippen molar-refractivity contribution < 1.29 is 8.42 Å². The van der Waals surface area contributed by atoms with E-state index in [1.54, 1.807) is 16.0 Å². The van der Waals surface area contributed by atoms with Crippen molar-refractivity contribution in [3.8, 4) is 0 Å². The highest BCUT2D eigenvalue weighted by atomic mass is 32.2. The molecule has 3 heterocycles. The average Bonchev–Trinajstić information content (AvgIpc) is 3.04. The second-order valence-corrected chi connectivity index (χ2v) is 8.01. The van der Waals surface area contributed by atoms with Crippen molar-refractivity contribution in [2.75, 3.05) is 12.3 Å². The van der Waals surface area contributed by atoms with Gasteiger partial charge >= 0.3 is 0 Å². The lowest BCUT2D eigenvalue weighted by Crippen LogP contribution is -2.35. The van der Waals surface area contributed by atoms with Gasteiger partial charge in [0.15, 0.2) is 5.82 Å². The lowest BCUT2D eigenvalue weighted by atomic mass is 10.1. The van der Waals surface area contributed by atoms with Crippen LogP contribution in [0.15, 0.2) is 22.5 Å². The van der Waals surface area contributed by atoms with Gasteiger partial charge in [0.1, 0.15) is 4.90 Å². The highest BCUT2D eigenvalue weighted by Crippen LogP contribution is 2.29. The lowest BCUT2D eigenvalue weighted by molar-refractivity contribution is 0.394. The number of hydrogen-bond acceptors (Lipinski definition) is 5. The zero-order chi connectivity index (χ0) is 15.0. The Labute approximate surface area is 128 Å². The minimum absolute atomic E-state index is 0.0829. The summed E-state index contributed by atoms with van der Waals surface area (Å²) in [6.07, 6.45) is 3.18. The van der Waals surface area contributed by atoms with Crippen molar-refractivity contribution in [2.24, 2.45) is 0 Å². The van der Waals surface area contributed by atoms with Gasteiger partial charge in [-0.1, -0.05) is 6.92 Å². The summed E-state index contributed by atoms with van der Waals surface area (Å²) in [5, 5.41) is 6.09. The van der Waals surface area contributed by atoms with Gasteiger partial charge in [-0.3, -0.25) is 4.68 Å². The number of sulfonamides is 1. The van der Waals surface area contributed by atoms with Crippen molar-refractivity contribution in [3.05, 3.63) is 28.1 Å². The first kappa shape index (κ1) is 14.6. The van der Waals surface area contributed by atoms with E-state index in [4.69, 9.17) is 5.73 Å². The number of hydrogen-bond donors (Lipinski definition) is 1. The molecule has 1 aliphatic rings. The molecule has 2 aromatic heterocycles. The van der Waals surface area contributed by atoms with Crippen molar-refractivity contribution in [3.63, 3.8) is 0 Å². The van der Waals surface area contributed by atoms with Crippen LogP contribution in [0.4, 0.5) is 5.82 Å².